The lowest BCUT2D eigenvalue weighted by Gasteiger charge is -2.08. The minimum Gasteiger partial charge on any atom is -0.469 e. The number of hydrogen-bond donors (Lipinski definition) is 0. The van der Waals surface area contributed by atoms with Gasteiger partial charge < -0.3 is 14.4 Å². The Morgan fingerprint density at radius 2 is 1.02 bits per heavy atom. The molecule has 0 aliphatic heterocycles. The van der Waals surface area contributed by atoms with Crippen molar-refractivity contribution >= 4 is 17.9 Å². The van der Waals surface area contributed by atoms with E-state index in [1.807, 2.05) is 0 Å². The van der Waals surface area contributed by atoms with Gasteiger partial charge in [-0.25, -0.2) is 43.9 Å². The lowest BCUT2D eigenvalue weighted by Crippen LogP contribution is -2.08. The first-order valence-electron chi connectivity index (χ1n) is 12.5. The molecule has 0 aliphatic rings. The highest BCUT2D eigenvalue weighted by atomic mass is 19.2. The second kappa shape index (κ2) is 17.1. The van der Waals surface area contributed by atoms with E-state index in [-0.39, 0.29) is 24.5 Å². The zero-order valence-electron chi connectivity index (χ0n) is 22.4. The Balaban J connectivity index is 2.04. The van der Waals surface area contributed by atoms with Crippen LogP contribution in [0.25, 0.3) is 0 Å². The third kappa shape index (κ3) is 9.71. The highest BCUT2D eigenvalue weighted by molar-refractivity contribution is 5.97. The van der Waals surface area contributed by atoms with Crippen molar-refractivity contribution in [1.29, 1.82) is 0 Å². The zero-order valence-corrected chi connectivity index (χ0v) is 22.4. The monoisotopic (exact) mass is 630 g/mol. The molecule has 0 amide bonds. The van der Waals surface area contributed by atoms with Crippen molar-refractivity contribution in [2.45, 2.75) is 58.2 Å². The SMILES string of the molecule is COC(=O)CCCCCCCC(/C=C\C=N/OCc1c(F)c(F)c(F)c(F)c1F)=N\OCc1c(F)c(F)c(F)c(F)c1F. The first-order chi connectivity index (χ1) is 20.4. The number of methoxy groups -OCH3 is 1. The molecular formula is C27H24F10N2O4. The Hall–Kier alpha value is -4.11. The summed E-state index contributed by atoms with van der Waals surface area (Å²) in [5.74, 6) is -22.0. The lowest BCUT2D eigenvalue weighted by molar-refractivity contribution is -0.140. The van der Waals surface area contributed by atoms with Crippen LogP contribution < -0.4 is 0 Å². The first-order valence-corrected chi connectivity index (χ1v) is 12.5. The maximum absolute atomic E-state index is 13.9. The van der Waals surface area contributed by atoms with Gasteiger partial charge in [0.2, 0.25) is 11.6 Å². The number of esters is 1. The van der Waals surface area contributed by atoms with E-state index in [0.717, 1.165) is 12.3 Å². The molecule has 0 saturated heterocycles. The van der Waals surface area contributed by atoms with Crippen molar-refractivity contribution < 1.29 is 63.1 Å². The number of oxime groups is 2. The van der Waals surface area contributed by atoms with Crippen LogP contribution in [0.2, 0.25) is 0 Å². The number of halogens is 10. The first kappa shape index (κ1) is 35.1. The van der Waals surface area contributed by atoms with E-state index in [1.165, 1.54) is 13.2 Å². The van der Waals surface area contributed by atoms with Gasteiger partial charge in [-0.1, -0.05) is 29.6 Å². The number of benzene rings is 2. The second-order valence-electron chi connectivity index (χ2n) is 8.68. The van der Waals surface area contributed by atoms with Crippen molar-refractivity contribution in [2.24, 2.45) is 10.3 Å². The Morgan fingerprint density at radius 3 is 1.51 bits per heavy atom. The van der Waals surface area contributed by atoms with Crippen LogP contribution in [0.3, 0.4) is 0 Å². The molecule has 0 fully saturated rings. The average molecular weight is 630 g/mol. The van der Waals surface area contributed by atoms with Gasteiger partial charge in [-0.3, -0.25) is 4.79 Å². The average Bonchev–Trinajstić information content (AvgIpc) is 3.00. The standard InChI is InChI=1S/C27H24F10N2O4/c1-41-17(40)10-6-4-2-3-5-8-14(39-43-13-16-20(30)24(34)27(37)25(35)21(16)31)9-7-11-38-42-12-15-18(28)22(32)26(36)23(33)19(15)29/h7,9,11H,2-6,8,10,12-13H2,1H3/b9-7-,38-11-,39-14+. The van der Waals surface area contributed by atoms with Gasteiger partial charge in [0.1, 0.15) is 13.2 Å². The number of carbonyl (C=O) groups excluding carboxylic acids is 1. The fraction of sp³-hybridized carbons (Fsp3) is 0.370. The van der Waals surface area contributed by atoms with Crippen molar-refractivity contribution in [3.05, 3.63) is 81.5 Å². The van der Waals surface area contributed by atoms with Gasteiger partial charge in [-0.05, 0) is 31.4 Å². The van der Waals surface area contributed by atoms with Gasteiger partial charge >= 0.3 is 5.97 Å². The smallest absolute Gasteiger partial charge is 0.305 e. The van der Waals surface area contributed by atoms with E-state index in [1.54, 1.807) is 0 Å². The van der Waals surface area contributed by atoms with Gasteiger partial charge in [0.25, 0.3) is 0 Å². The minimum atomic E-state index is -2.33. The Labute approximate surface area is 238 Å². The second-order valence-corrected chi connectivity index (χ2v) is 8.68. The molecular weight excluding hydrogens is 606 g/mol. The summed E-state index contributed by atoms with van der Waals surface area (Å²) in [5.41, 5.74) is -2.41. The molecule has 0 unspecified atom stereocenters. The number of ether oxygens (including phenoxy) is 1. The lowest BCUT2D eigenvalue weighted by atomic mass is 10.1. The normalized spacial score (nSPS) is 12.0. The van der Waals surface area contributed by atoms with Crippen molar-refractivity contribution in [3.8, 4) is 0 Å². The molecule has 0 aliphatic carbocycles. The summed E-state index contributed by atoms with van der Waals surface area (Å²) in [5, 5.41) is 6.94. The number of unbranched alkanes of at least 4 members (excludes halogenated alkanes) is 4. The van der Waals surface area contributed by atoms with Gasteiger partial charge in [0, 0.05) is 6.42 Å². The predicted molar refractivity (Wildman–Crippen MR) is 131 cm³/mol. The van der Waals surface area contributed by atoms with E-state index >= 15 is 0 Å². The summed E-state index contributed by atoms with van der Waals surface area (Å²) >= 11 is 0. The Morgan fingerprint density at radius 1 is 0.605 bits per heavy atom. The molecule has 0 heterocycles. The number of rotatable bonds is 16. The molecule has 0 aromatic heterocycles. The summed E-state index contributed by atoms with van der Waals surface area (Å²) in [4.78, 5) is 20.5. The number of carbonyl (C=O) groups is 1. The van der Waals surface area contributed by atoms with Crippen LogP contribution >= 0.6 is 0 Å². The quantitative estimate of drug-likeness (QED) is 0.0364. The summed E-state index contributed by atoms with van der Waals surface area (Å²) in [6.45, 7) is -2.23. The summed E-state index contributed by atoms with van der Waals surface area (Å²) in [7, 11) is 1.27. The molecule has 0 atom stereocenters. The van der Waals surface area contributed by atoms with Gasteiger partial charge in [-0.2, -0.15) is 0 Å². The van der Waals surface area contributed by atoms with Crippen molar-refractivity contribution in [1.82, 2.24) is 0 Å². The summed E-state index contributed by atoms with van der Waals surface area (Å²) < 4.78 is 139. The van der Waals surface area contributed by atoms with E-state index in [9.17, 15) is 48.7 Å². The molecule has 6 nitrogen and oxygen atoms in total. The summed E-state index contributed by atoms with van der Waals surface area (Å²) in [6, 6.07) is 0. The van der Waals surface area contributed by atoms with Gasteiger partial charge in [0.15, 0.2) is 46.5 Å². The van der Waals surface area contributed by atoms with E-state index < -0.39 is 82.5 Å². The maximum Gasteiger partial charge on any atom is 0.305 e. The molecule has 2 rings (SSSR count). The molecule has 0 N–H and O–H groups in total. The molecule has 0 saturated carbocycles. The molecule has 43 heavy (non-hydrogen) atoms. The number of hydrogen-bond acceptors (Lipinski definition) is 6. The third-order valence-electron chi connectivity index (χ3n) is 5.75. The number of allylic oxidation sites excluding steroid dienone is 2. The van der Waals surface area contributed by atoms with Crippen LogP contribution in [0.1, 0.15) is 56.1 Å². The fourth-order valence-corrected chi connectivity index (χ4v) is 3.44. The van der Waals surface area contributed by atoms with Crippen LogP contribution in [-0.4, -0.2) is 25.0 Å². The summed E-state index contributed by atoms with van der Waals surface area (Å²) in [6.07, 6.45) is 6.88. The van der Waals surface area contributed by atoms with Crippen LogP contribution in [0.4, 0.5) is 43.9 Å². The molecule has 0 radical (unpaired) electrons. The third-order valence-corrected chi connectivity index (χ3v) is 5.75. The van der Waals surface area contributed by atoms with Crippen molar-refractivity contribution in [2.75, 3.05) is 7.11 Å². The highest BCUT2D eigenvalue weighted by Gasteiger charge is 2.27. The fourth-order valence-electron chi connectivity index (χ4n) is 3.44. The van der Waals surface area contributed by atoms with E-state index in [2.05, 4.69) is 19.9 Å². The molecule has 236 valence electrons. The highest BCUT2D eigenvalue weighted by Crippen LogP contribution is 2.25. The zero-order chi connectivity index (χ0) is 32.1. The van der Waals surface area contributed by atoms with Crippen LogP contribution in [0, 0.1) is 58.2 Å². The van der Waals surface area contributed by atoms with Crippen LogP contribution in [0.15, 0.2) is 22.5 Å². The maximum atomic E-state index is 13.9. The molecule has 16 heteroatoms. The molecule has 2 aromatic rings. The number of nitrogens with zero attached hydrogens (tertiary/aromatic N) is 2. The van der Waals surface area contributed by atoms with Crippen LogP contribution in [0.5, 0.6) is 0 Å². The molecule has 0 bridgehead atoms. The Kier molecular flexibility index (Phi) is 14.0. The van der Waals surface area contributed by atoms with Crippen LogP contribution in [-0.2, 0) is 32.4 Å². The van der Waals surface area contributed by atoms with Crippen molar-refractivity contribution in [3.63, 3.8) is 0 Å². The van der Waals surface area contributed by atoms with E-state index in [0.29, 0.717) is 32.1 Å². The minimum absolute atomic E-state index is 0.102. The Bertz CT molecular complexity index is 1320. The van der Waals surface area contributed by atoms with Gasteiger partial charge in [-0.15, -0.1) is 0 Å². The molecule has 2 aromatic carbocycles. The largest absolute Gasteiger partial charge is 0.469 e. The molecule has 0 spiro atoms. The predicted octanol–water partition coefficient (Wildman–Crippen LogP) is 7.61. The van der Waals surface area contributed by atoms with Gasteiger partial charge in [0.05, 0.1) is 30.2 Å². The van der Waals surface area contributed by atoms with E-state index in [4.69, 9.17) is 4.84 Å². The topological polar surface area (TPSA) is 69.5 Å².